The van der Waals surface area contributed by atoms with Crippen molar-refractivity contribution in [2.24, 2.45) is 5.73 Å². The maximum atomic E-state index is 12.6. The number of alkyl halides is 3. The van der Waals surface area contributed by atoms with E-state index in [4.69, 9.17) is 10.5 Å². The summed E-state index contributed by atoms with van der Waals surface area (Å²) < 4.78 is 43.8. The van der Waals surface area contributed by atoms with Crippen molar-refractivity contribution >= 4 is 11.8 Å². The summed E-state index contributed by atoms with van der Waals surface area (Å²) in [7, 11) is 0. The smallest absolute Gasteiger partial charge is 0.405 e. The molecular formula is C23H19F3N4O3. The van der Waals surface area contributed by atoms with Crippen LogP contribution in [0.1, 0.15) is 37.9 Å². The molecule has 0 aliphatic carbocycles. The second-order valence-corrected chi connectivity index (χ2v) is 7.55. The molecule has 0 unspecified atom stereocenters. The van der Waals surface area contributed by atoms with E-state index >= 15 is 0 Å². The number of pyridine rings is 2. The van der Waals surface area contributed by atoms with Crippen LogP contribution in [0.5, 0.6) is 5.75 Å². The molecule has 33 heavy (non-hydrogen) atoms. The minimum absolute atomic E-state index is 0.0468. The van der Waals surface area contributed by atoms with Crippen LogP contribution >= 0.6 is 0 Å². The highest BCUT2D eigenvalue weighted by atomic mass is 19.4. The van der Waals surface area contributed by atoms with E-state index in [0.29, 0.717) is 17.7 Å². The van der Waals surface area contributed by atoms with Gasteiger partial charge in [0.25, 0.3) is 5.91 Å². The lowest BCUT2D eigenvalue weighted by Crippen LogP contribution is -2.35. The van der Waals surface area contributed by atoms with Crippen LogP contribution in [-0.2, 0) is 6.42 Å². The van der Waals surface area contributed by atoms with Gasteiger partial charge in [-0.25, -0.2) is 4.98 Å². The van der Waals surface area contributed by atoms with Gasteiger partial charge in [0.05, 0.1) is 12.2 Å². The van der Waals surface area contributed by atoms with Gasteiger partial charge in [-0.3, -0.25) is 14.6 Å². The number of nitrogens with one attached hydrogen (secondary N) is 1. The number of hydrogen-bond donors (Lipinski definition) is 2. The van der Waals surface area contributed by atoms with Gasteiger partial charge in [-0.2, -0.15) is 13.2 Å². The quantitative estimate of drug-likeness (QED) is 0.613. The van der Waals surface area contributed by atoms with Crippen LogP contribution in [0.4, 0.5) is 13.2 Å². The summed E-state index contributed by atoms with van der Waals surface area (Å²) in [4.78, 5) is 32.2. The van der Waals surface area contributed by atoms with Crippen molar-refractivity contribution in [2.75, 3.05) is 13.2 Å². The molecule has 1 aliphatic heterocycles. The van der Waals surface area contributed by atoms with E-state index in [0.717, 1.165) is 22.9 Å². The van der Waals surface area contributed by atoms with Crippen LogP contribution in [0.15, 0.2) is 55.0 Å². The standard InChI is InChI=1S/C23H19F3N4O3/c24-23(25,26)12-30-22(32)20-17(8-14(10-29-20)21(27)31)15-9-18-16(13-4-6-28-7-5-13)2-1-3-19(18)33-11-15/h1-8,10,15H,9,11-12H2,(H2,27,31)(H,30,32)/t15-/m1/s1. The Morgan fingerprint density at radius 1 is 1.18 bits per heavy atom. The second-order valence-electron chi connectivity index (χ2n) is 7.55. The van der Waals surface area contributed by atoms with E-state index in [1.807, 2.05) is 35.6 Å². The molecule has 3 heterocycles. The molecular weight excluding hydrogens is 437 g/mol. The number of primary amides is 1. The predicted octanol–water partition coefficient (Wildman–Crippen LogP) is 3.25. The van der Waals surface area contributed by atoms with Crippen molar-refractivity contribution in [3.63, 3.8) is 0 Å². The predicted molar refractivity (Wildman–Crippen MR) is 113 cm³/mol. The first-order chi connectivity index (χ1) is 15.7. The summed E-state index contributed by atoms with van der Waals surface area (Å²) in [5.41, 5.74) is 8.19. The van der Waals surface area contributed by atoms with Gasteiger partial charge >= 0.3 is 6.18 Å². The van der Waals surface area contributed by atoms with E-state index in [1.54, 1.807) is 12.4 Å². The lowest BCUT2D eigenvalue weighted by Gasteiger charge is -2.28. The van der Waals surface area contributed by atoms with Gasteiger partial charge in [-0.15, -0.1) is 0 Å². The van der Waals surface area contributed by atoms with Crippen LogP contribution in [0, 0.1) is 0 Å². The molecule has 1 atom stereocenters. The summed E-state index contributed by atoms with van der Waals surface area (Å²) in [5.74, 6) is -1.53. The van der Waals surface area contributed by atoms with E-state index in [-0.39, 0.29) is 17.9 Å². The molecule has 1 aromatic carbocycles. The van der Waals surface area contributed by atoms with Crippen LogP contribution in [0.2, 0.25) is 0 Å². The zero-order valence-corrected chi connectivity index (χ0v) is 17.2. The molecule has 2 amide bonds. The number of benzene rings is 1. The number of nitrogens with two attached hydrogens (primary N) is 1. The van der Waals surface area contributed by atoms with Crippen molar-refractivity contribution in [1.82, 2.24) is 15.3 Å². The molecule has 0 fully saturated rings. The summed E-state index contributed by atoms with van der Waals surface area (Å²) in [6.07, 6.45) is 0.249. The topological polar surface area (TPSA) is 107 Å². The van der Waals surface area contributed by atoms with Crippen molar-refractivity contribution < 1.29 is 27.5 Å². The van der Waals surface area contributed by atoms with E-state index in [9.17, 15) is 22.8 Å². The molecule has 3 aromatic rings. The fourth-order valence-corrected chi connectivity index (χ4v) is 3.79. The Hall–Kier alpha value is -3.95. The van der Waals surface area contributed by atoms with Gasteiger partial charge in [0.1, 0.15) is 18.0 Å². The molecule has 170 valence electrons. The van der Waals surface area contributed by atoms with Gasteiger partial charge in [-0.05, 0) is 47.4 Å². The number of fused-ring (bicyclic) bond motifs is 1. The maximum Gasteiger partial charge on any atom is 0.405 e. The zero-order chi connectivity index (χ0) is 23.6. The van der Waals surface area contributed by atoms with Crippen LogP contribution in [-0.4, -0.2) is 41.1 Å². The summed E-state index contributed by atoms with van der Waals surface area (Å²) >= 11 is 0. The number of aromatic nitrogens is 2. The Balaban J connectivity index is 1.72. The molecule has 4 rings (SSSR count). The van der Waals surface area contributed by atoms with Gasteiger partial charge in [0.2, 0.25) is 5.91 Å². The fraction of sp³-hybridized carbons (Fsp3) is 0.217. The van der Waals surface area contributed by atoms with Gasteiger partial charge in [0.15, 0.2) is 0 Å². The number of ether oxygens (including phenoxy) is 1. The summed E-state index contributed by atoms with van der Waals surface area (Å²) in [5, 5.41) is 1.83. The minimum atomic E-state index is -4.57. The first-order valence-electron chi connectivity index (χ1n) is 10.0. The van der Waals surface area contributed by atoms with Crippen LogP contribution in [0.25, 0.3) is 11.1 Å². The first-order valence-corrected chi connectivity index (χ1v) is 10.0. The van der Waals surface area contributed by atoms with Crippen molar-refractivity contribution in [2.45, 2.75) is 18.5 Å². The molecule has 10 heteroatoms. The van der Waals surface area contributed by atoms with E-state index in [1.165, 1.54) is 6.07 Å². The molecule has 3 N–H and O–H groups in total. The molecule has 1 aliphatic rings. The highest BCUT2D eigenvalue weighted by molar-refractivity contribution is 5.97. The largest absolute Gasteiger partial charge is 0.493 e. The third-order valence-corrected chi connectivity index (χ3v) is 5.32. The van der Waals surface area contributed by atoms with Crippen LogP contribution in [0.3, 0.4) is 0 Å². The Labute approximate surface area is 186 Å². The van der Waals surface area contributed by atoms with Crippen molar-refractivity contribution in [1.29, 1.82) is 0 Å². The molecule has 0 spiro atoms. The lowest BCUT2D eigenvalue weighted by molar-refractivity contribution is -0.123. The number of rotatable bonds is 5. The average Bonchev–Trinajstić information content (AvgIpc) is 2.81. The second kappa shape index (κ2) is 8.89. The Morgan fingerprint density at radius 2 is 1.94 bits per heavy atom. The van der Waals surface area contributed by atoms with Gasteiger partial charge in [0, 0.05) is 30.1 Å². The molecule has 2 aromatic heterocycles. The minimum Gasteiger partial charge on any atom is -0.493 e. The number of halogens is 3. The van der Waals surface area contributed by atoms with Crippen molar-refractivity contribution in [3.8, 4) is 16.9 Å². The molecule has 0 saturated carbocycles. The monoisotopic (exact) mass is 456 g/mol. The number of hydrogen-bond acceptors (Lipinski definition) is 5. The van der Waals surface area contributed by atoms with Crippen molar-refractivity contribution in [3.05, 3.63) is 77.4 Å². The fourth-order valence-electron chi connectivity index (χ4n) is 3.79. The maximum absolute atomic E-state index is 12.6. The van der Waals surface area contributed by atoms with Crippen LogP contribution < -0.4 is 15.8 Å². The molecule has 0 bridgehead atoms. The number of amides is 2. The van der Waals surface area contributed by atoms with Gasteiger partial charge < -0.3 is 15.8 Å². The third kappa shape index (κ3) is 4.94. The number of carbonyl (C=O) groups excluding carboxylic acids is 2. The summed E-state index contributed by atoms with van der Waals surface area (Å²) in [6.45, 7) is -1.35. The van der Waals surface area contributed by atoms with E-state index in [2.05, 4.69) is 9.97 Å². The Kier molecular flexibility index (Phi) is 5.99. The first kappa shape index (κ1) is 22.3. The number of carbonyl (C=O) groups is 2. The Bertz CT molecular complexity index is 1200. The summed E-state index contributed by atoms with van der Waals surface area (Å²) in [6, 6.07) is 10.7. The highest BCUT2D eigenvalue weighted by Gasteiger charge is 2.31. The average molecular weight is 456 g/mol. The Morgan fingerprint density at radius 3 is 2.64 bits per heavy atom. The normalized spacial score (nSPS) is 15.3. The van der Waals surface area contributed by atoms with E-state index < -0.39 is 30.5 Å². The zero-order valence-electron chi connectivity index (χ0n) is 17.2. The van der Waals surface area contributed by atoms with Gasteiger partial charge in [-0.1, -0.05) is 12.1 Å². The molecule has 0 saturated heterocycles. The molecule has 7 nitrogen and oxygen atoms in total. The third-order valence-electron chi connectivity index (χ3n) is 5.32. The lowest BCUT2D eigenvalue weighted by atomic mass is 9.85. The SMILES string of the molecule is NC(=O)c1cnc(C(=O)NCC(F)(F)F)c([C@H]2COc3cccc(-c4ccncc4)c3C2)c1. The number of nitrogens with zero attached hydrogens (tertiary/aromatic N) is 2. The molecule has 0 radical (unpaired) electrons. The highest BCUT2D eigenvalue weighted by Crippen LogP contribution is 2.39.